The summed E-state index contributed by atoms with van der Waals surface area (Å²) in [4.78, 5) is 10.2. The molecule has 0 aliphatic carbocycles. The molecule has 0 saturated heterocycles. The first kappa shape index (κ1) is 28.7. The van der Waals surface area contributed by atoms with Gasteiger partial charge in [0.25, 0.3) is 0 Å². The number of para-hydroxylation sites is 2. The third-order valence-corrected chi connectivity index (χ3v) is 9.17. The number of nitrogens with zero attached hydrogens (tertiary/aromatic N) is 2. The highest BCUT2D eigenvalue weighted by molar-refractivity contribution is 6.20. The van der Waals surface area contributed by atoms with E-state index in [0.717, 1.165) is 61.2 Å². The second-order valence-electron chi connectivity index (χ2n) is 12.2. The molecule has 2 heterocycles. The molecule has 0 saturated carbocycles. The molecule has 49 heavy (non-hydrogen) atoms. The topological polar surface area (TPSA) is 49.9 Å². The Balaban J connectivity index is 1.14. The van der Waals surface area contributed by atoms with Gasteiger partial charge in [-0.25, -0.2) is 9.98 Å². The Morgan fingerprint density at radius 1 is 0.429 bits per heavy atom. The Kier molecular flexibility index (Phi) is 7.17. The Labute approximate surface area is 284 Å². The van der Waals surface area contributed by atoms with Crippen molar-refractivity contribution in [2.75, 3.05) is 0 Å². The number of furan rings is 1. The Morgan fingerprint density at radius 3 is 1.63 bits per heavy atom. The minimum absolute atomic E-state index is 0.288. The van der Waals surface area contributed by atoms with E-state index in [1.165, 1.54) is 16.7 Å². The van der Waals surface area contributed by atoms with Crippen molar-refractivity contribution in [3.05, 3.63) is 193 Å². The van der Waals surface area contributed by atoms with Gasteiger partial charge in [-0.15, -0.1) is 0 Å². The molecule has 7 aromatic carbocycles. The van der Waals surface area contributed by atoms with E-state index >= 15 is 0 Å². The van der Waals surface area contributed by atoms with Gasteiger partial charge < -0.3 is 9.73 Å². The third kappa shape index (κ3) is 5.39. The molecule has 1 atom stereocenters. The highest BCUT2D eigenvalue weighted by Crippen LogP contribution is 2.39. The number of nitrogens with one attached hydrogen (secondary N) is 1. The summed E-state index contributed by atoms with van der Waals surface area (Å²) in [5, 5.41) is 5.65. The number of aliphatic imine (C=N–C) groups is 2. The molecule has 0 bridgehead atoms. The zero-order valence-corrected chi connectivity index (χ0v) is 26.6. The lowest BCUT2D eigenvalue weighted by molar-refractivity contribution is 0.664. The van der Waals surface area contributed by atoms with Gasteiger partial charge in [0.1, 0.15) is 23.2 Å². The van der Waals surface area contributed by atoms with E-state index in [0.29, 0.717) is 5.84 Å². The van der Waals surface area contributed by atoms with Crippen LogP contribution in [0.3, 0.4) is 0 Å². The van der Waals surface area contributed by atoms with Crippen LogP contribution in [-0.4, -0.2) is 11.7 Å². The maximum Gasteiger partial charge on any atom is 0.163 e. The molecule has 0 amide bonds. The lowest BCUT2D eigenvalue weighted by atomic mass is 9.96. The molecule has 1 aliphatic heterocycles. The van der Waals surface area contributed by atoms with Crippen molar-refractivity contribution >= 4 is 33.6 Å². The quantitative estimate of drug-likeness (QED) is 0.199. The summed E-state index contributed by atoms with van der Waals surface area (Å²) < 4.78 is 6.84. The van der Waals surface area contributed by atoms with Gasteiger partial charge in [0.15, 0.2) is 5.84 Å². The smallest absolute Gasteiger partial charge is 0.163 e. The van der Waals surface area contributed by atoms with E-state index in [9.17, 15) is 0 Å². The van der Waals surface area contributed by atoms with Crippen LogP contribution in [0.4, 0.5) is 0 Å². The van der Waals surface area contributed by atoms with E-state index in [4.69, 9.17) is 14.4 Å². The number of hydrogen-bond acceptors (Lipinski definition) is 4. The minimum atomic E-state index is -0.288. The zero-order valence-electron chi connectivity index (χ0n) is 26.6. The Morgan fingerprint density at radius 2 is 0.939 bits per heavy atom. The van der Waals surface area contributed by atoms with Crippen LogP contribution in [0.25, 0.3) is 55.3 Å². The highest BCUT2D eigenvalue weighted by Gasteiger charge is 2.24. The van der Waals surface area contributed by atoms with Crippen molar-refractivity contribution in [1.82, 2.24) is 5.32 Å². The maximum absolute atomic E-state index is 6.84. The first-order valence-electron chi connectivity index (χ1n) is 16.5. The van der Waals surface area contributed by atoms with E-state index < -0.39 is 0 Å². The molecule has 4 heteroatoms. The molecule has 0 fully saturated rings. The fraction of sp³-hybridized carbons (Fsp3) is 0.0222. The number of benzene rings is 7. The van der Waals surface area contributed by atoms with Gasteiger partial charge in [0.05, 0.1) is 5.56 Å². The van der Waals surface area contributed by atoms with Crippen molar-refractivity contribution in [3.8, 4) is 33.4 Å². The summed E-state index contributed by atoms with van der Waals surface area (Å²) >= 11 is 0. The van der Waals surface area contributed by atoms with Crippen LogP contribution in [-0.2, 0) is 0 Å². The highest BCUT2D eigenvalue weighted by atomic mass is 16.3. The largest absolute Gasteiger partial charge is 0.455 e. The fourth-order valence-corrected chi connectivity index (χ4v) is 6.69. The molecule has 232 valence electrons. The van der Waals surface area contributed by atoms with E-state index in [-0.39, 0.29) is 6.17 Å². The third-order valence-electron chi connectivity index (χ3n) is 9.17. The average Bonchev–Trinajstić information content (AvgIpc) is 3.58. The molecule has 0 radical (unpaired) electrons. The molecule has 8 aromatic rings. The van der Waals surface area contributed by atoms with Gasteiger partial charge in [0, 0.05) is 21.9 Å². The van der Waals surface area contributed by atoms with Crippen LogP contribution in [0.2, 0.25) is 0 Å². The van der Waals surface area contributed by atoms with E-state index in [2.05, 4.69) is 139 Å². The second-order valence-corrected chi connectivity index (χ2v) is 12.2. The van der Waals surface area contributed by atoms with Crippen LogP contribution in [0.15, 0.2) is 190 Å². The van der Waals surface area contributed by atoms with Crippen LogP contribution >= 0.6 is 0 Å². The first-order chi connectivity index (χ1) is 24.3. The zero-order chi connectivity index (χ0) is 32.6. The van der Waals surface area contributed by atoms with Gasteiger partial charge in [-0.1, -0.05) is 164 Å². The van der Waals surface area contributed by atoms with Gasteiger partial charge in [-0.3, -0.25) is 0 Å². The summed E-state index contributed by atoms with van der Waals surface area (Å²) in [6.07, 6.45) is -0.288. The monoisotopic (exact) mass is 629 g/mol. The average molecular weight is 630 g/mol. The Hall–Kier alpha value is -6.52. The van der Waals surface area contributed by atoms with Crippen molar-refractivity contribution in [2.45, 2.75) is 6.17 Å². The van der Waals surface area contributed by atoms with Gasteiger partial charge in [-0.05, 0) is 45.5 Å². The molecule has 1 aliphatic rings. The molecule has 1 N–H and O–H groups in total. The van der Waals surface area contributed by atoms with Crippen LogP contribution in [0, 0.1) is 0 Å². The van der Waals surface area contributed by atoms with E-state index in [1.807, 2.05) is 42.5 Å². The predicted octanol–water partition coefficient (Wildman–Crippen LogP) is 11.1. The van der Waals surface area contributed by atoms with E-state index in [1.54, 1.807) is 0 Å². The molecule has 1 unspecified atom stereocenters. The normalized spacial score (nSPS) is 14.3. The standard InChI is InChI=1S/C45H31N3O/c1-4-13-30(14-5-1)31-25-27-32(28-26-31)35-19-10-20-36(29-35)37-21-11-22-38-39-23-12-24-40(42(39)49-41(37)38)45-47-43(33-15-6-2-7-16-33)46-44(48-45)34-17-8-3-9-18-34/h1-29,43H,(H,46,47,48). The minimum Gasteiger partial charge on any atom is -0.455 e. The molecule has 4 nitrogen and oxygen atoms in total. The van der Waals surface area contributed by atoms with Gasteiger partial charge in [-0.2, -0.15) is 0 Å². The summed E-state index contributed by atoms with van der Waals surface area (Å²) in [5.41, 5.74) is 11.5. The molecule has 0 spiro atoms. The second kappa shape index (κ2) is 12.3. The summed E-state index contributed by atoms with van der Waals surface area (Å²) in [6.45, 7) is 0. The van der Waals surface area contributed by atoms with Gasteiger partial charge >= 0.3 is 0 Å². The number of fused-ring (bicyclic) bond motifs is 3. The fourth-order valence-electron chi connectivity index (χ4n) is 6.69. The SMILES string of the molecule is c1ccc(C2=NC(c3cccc4c3oc3c(-c5cccc(-c6ccc(-c7ccccc7)cc6)c5)cccc34)=NC(c3ccccc3)N2)cc1. The molecule has 9 rings (SSSR count). The van der Waals surface area contributed by atoms with Crippen molar-refractivity contribution in [1.29, 1.82) is 0 Å². The molecular weight excluding hydrogens is 599 g/mol. The Bertz CT molecular complexity index is 2500. The summed E-state index contributed by atoms with van der Waals surface area (Å²) in [7, 11) is 0. The van der Waals surface area contributed by atoms with Crippen LogP contribution in [0.1, 0.15) is 22.9 Å². The van der Waals surface area contributed by atoms with Gasteiger partial charge in [0.2, 0.25) is 0 Å². The maximum atomic E-state index is 6.84. The lowest BCUT2D eigenvalue weighted by Crippen LogP contribution is -2.33. The molecule has 1 aromatic heterocycles. The summed E-state index contributed by atoms with van der Waals surface area (Å²) in [6, 6.07) is 61.1. The lowest BCUT2D eigenvalue weighted by Gasteiger charge is -2.23. The first-order valence-corrected chi connectivity index (χ1v) is 16.5. The van der Waals surface area contributed by atoms with Crippen LogP contribution < -0.4 is 5.32 Å². The number of hydrogen-bond donors (Lipinski definition) is 1. The van der Waals surface area contributed by atoms with Crippen molar-refractivity contribution in [3.63, 3.8) is 0 Å². The number of rotatable bonds is 6. The van der Waals surface area contributed by atoms with Crippen LogP contribution in [0.5, 0.6) is 0 Å². The number of amidine groups is 2. The van der Waals surface area contributed by atoms with Crippen molar-refractivity contribution < 1.29 is 4.42 Å². The van der Waals surface area contributed by atoms with Crippen molar-refractivity contribution in [2.24, 2.45) is 9.98 Å². The summed E-state index contributed by atoms with van der Waals surface area (Å²) in [5.74, 6) is 1.42. The predicted molar refractivity (Wildman–Crippen MR) is 202 cm³/mol. The molecular formula is C45H31N3O.